The van der Waals surface area contributed by atoms with E-state index in [2.05, 4.69) is 56.5 Å². The van der Waals surface area contributed by atoms with Crippen LogP contribution in [0.5, 0.6) is 0 Å². The van der Waals surface area contributed by atoms with Crippen molar-refractivity contribution in [3.05, 3.63) is 41.2 Å². The second-order valence-electron chi connectivity index (χ2n) is 9.18. The third-order valence-corrected chi connectivity index (χ3v) is 7.15. The highest BCUT2D eigenvalue weighted by Crippen LogP contribution is 2.31. The van der Waals surface area contributed by atoms with Crippen molar-refractivity contribution in [3.8, 4) is 0 Å². The number of ether oxygens (including phenoxy) is 1. The number of rotatable bonds is 6. The average molecular weight is 411 g/mol. The molecule has 3 heterocycles. The lowest BCUT2D eigenvalue weighted by Gasteiger charge is -2.41. The van der Waals surface area contributed by atoms with Crippen molar-refractivity contribution in [2.75, 3.05) is 32.8 Å². The van der Waals surface area contributed by atoms with Gasteiger partial charge in [-0.2, -0.15) is 0 Å². The van der Waals surface area contributed by atoms with Crippen LogP contribution in [0, 0.1) is 6.92 Å². The SMILES string of the molecule is Cc1ccc(C(c2nnnn2CC2CCCO2)N2CCN(C3CCCC3)CC2)cc1. The molecule has 1 aromatic heterocycles. The molecule has 0 N–H and O–H groups in total. The first-order valence-corrected chi connectivity index (χ1v) is 11.7. The first-order valence-electron chi connectivity index (χ1n) is 11.7. The fourth-order valence-corrected chi connectivity index (χ4v) is 5.42. The quantitative estimate of drug-likeness (QED) is 0.730. The number of aryl methyl sites for hydroxylation is 1. The molecule has 7 heteroatoms. The highest BCUT2D eigenvalue weighted by Gasteiger charge is 2.33. The highest BCUT2D eigenvalue weighted by molar-refractivity contribution is 5.28. The summed E-state index contributed by atoms with van der Waals surface area (Å²) in [5, 5.41) is 12.9. The molecule has 30 heavy (non-hydrogen) atoms. The topological polar surface area (TPSA) is 59.3 Å². The molecule has 5 rings (SSSR count). The second kappa shape index (κ2) is 9.12. The Hall–Kier alpha value is -1.83. The van der Waals surface area contributed by atoms with Gasteiger partial charge in [-0.3, -0.25) is 9.80 Å². The van der Waals surface area contributed by atoms with Gasteiger partial charge in [0.05, 0.1) is 18.7 Å². The largest absolute Gasteiger partial charge is 0.376 e. The normalized spacial score (nSPS) is 25.2. The van der Waals surface area contributed by atoms with Crippen molar-refractivity contribution in [2.24, 2.45) is 0 Å². The summed E-state index contributed by atoms with van der Waals surface area (Å²) in [7, 11) is 0. The van der Waals surface area contributed by atoms with Gasteiger partial charge in [0.2, 0.25) is 0 Å². The van der Waals surface area contributed by atoms with Gasteiger partial charge in [-0.05, 0) is 48.6 Å². The number of aromatic nitrogens is 4. The van der Waals surface area contributed by atoms with Gasteiger partial charge in [-0.25, -0.2) is 4.68 Å². The van der Waals surface area contributed by atoms with Crippen molar-refractivity contribution in [3.63, 3.8) is 0 Å². The molecule has 1 aliphatic carbocycles. The molecule has 0 bridgehead atoms. The Morgan fingerprint density at radius 3 is 2.47 bits per heavy atom. The van der Waals surface area contributed by atoms with Crippen molar-refractivity contribution in [1.29, 1.82) is 0 Å². The molecule has 0 radical (unpaired) electrons. The minimum Gasteiger partial charge on any atom is -0.376 e. The van der Waals surface area contributed by atoms with Gasteiger partial charge in [0.15, 0.2) is 5.82 Å². The van der Waals surface area contributed by atoms with E-state index in [0.29, 0.717) is 0 Å². The predicted molar refractivity (Wildman–Crippen MR) is 115 cm³/mol. The Bertz CT molecular complexity index is 801. The standard InChI is InChI=1S/C23H34N6O/c1-18-8-10-19(11-9-18)22(23-24-25-26-29(23)17-21-7-4-16-30-21)28-14-12-27(13-15-28)20-5-2-3-6-20/h8-11,20-22H,2-7,12-17H2,1H3. The molecule has 3 fully saturated rings. The minimum atomic E-state index is 0.0905. The molecule has 162 valence electrons. The van der Waals surface area contributed by atoms with E-state index in [9.17, 15) is 0 Å². The van der Waals surface area contributed by atoms with E-state index in [1.165, 1.54) is 36.8 Å². The van der Waals surface area contributed by atoms with Crippen LogP contribution in [0.2, 0.25) is 0 Å². The minimum absolute atomic E-state index is 0.0905. The number of tetrazole rings is 1. The van der Waals surface area contributed by atoms with Gasteiger partial charge in [0.25, 0.3) is 0 Å². The lowest BCUT2D eigenvalue weighted by atomic mass is 10.0. The van der Waals surface area contributed by atoms with E-state index in [1.807, 2.05) is 4.68 Å². The van der Waals surface area contributed by atoms with E-state index in [-0.39, 0.29) is 12.1 Å². The summed E-state index contributed by atoms with van der Waals surface area (Å²) in [6.45, 7) is 8.13. The van der Waals surface area contributed by atoms with E-state index < -0.39 is 0 Å². The number of benzene rings is 1. The summed E-state index contributed by atoms with van der Waals surface area (Å²) in [5.41, 5.74) is 2.56. The lowest BCUT2D eigenvalue weighted by Crippen LogP contribution is -2.51. The van der Waals surface area contributed by atoms with Crippen LogP contribution >= 0.6 is 0 Å². The second-order valence-corrected chi connectivity index (χ2v) is 9.18. The van der Waals surface area contributed by atoms with Crippen LogP contribution in [-0.2, 0) is 11.3 Å². The summed E-state index contributed by atoms with van der Waals surface area (Å²) < 4.78 is 7.85. The number of hydrogen-bond acceptors (Lipinski definition) is 6. The Balaban J connectivity index is 1.38. The molecule has 1 aromatic carbocycles. The summed E-state index contributed by atoms with van der Waals surface area (Å²) in [4.78, 5) is 5.29. The van der Waals surface area contributed by atoms with E-state index >= 15 is 0 Å². The fourth-order valence-electron chi connectivity index (χ4n) is 5.42. The molecule has 2 atom stereocenters. The molecule has 0 amide bonds. The molecule has 2 saturated heterocycles. The van der Waals surface area contributed by atoms with Crippen LogP contribution in [0.15, 0.2) is 24.3 Å². The van der Waals surface area contributed by atoms with Crippen molar-refractivity contribution in [2.45, 2.75) is 70.2 Å². The van der Waals surface area contributed by atoms with Gasteiger partial charge in [0, 0.05) is 38.8 Å². The van der Waals surface area contributed by atoms with Gasteiger partial charge in [-0.1, -0.05) is 42.7 Å². The lowest BCUT2D eigenvalue weighted by molar-refractivity contribution is 0.0720. The zero-order chi connectivity index (χ0) is 20.3. The van der Waals surface area contributed by atoms with Crippen LogP contribution in [0.1, 0.15) is 61.5 Å². The van der Waals surface area contributed by atoms with Gasteiger partial charge >= 0.3 is 0 Å². The van der Waals surface area contributed by atoms with Gasteiger partial charge < -0.3 is 4.74 Å². The van der Waals surface area contributed by atoms with E-state index in [4.69, 9.17) is 4.74 Å². The zero-order valence-corrected chi connectivity index (χ0v) is 18.1. The maximum atomic E-state index is 5.86. The fraction of sp³-hybridized carbons (Fsp3) is 0.696. The van der Waals surface area contributed by atoms with Crippen molar-refractivity contribution in [1.82, 2.24) is 30.0 Å². The van der Waals surface area contributed by atoms with E-state index in [1.54, 1.807) is 0 Å². The Morgan fingerprint density at radius 1 is 1.00 bits per heavy atom. The van der Waals surface area contributed by atoms with Crippen LogP contribution in [0.4, 0.5) is 0 Å². The van der Waals surface area contributed by atoms with Gasteiger partial charge in [0.1, 0.15) is 0 Å². The number of nitrogens with zero attached hydrogens (tertiary/aromatic N) is 6. The molecule has 0 spiro atoms. The first-order chi connectivity index (χ1) is 14.8. The number of hydrogen-bond donors (Lipinski definition) is 0. The Kier molecular flexibility index (Phi) is 6.11. The van der Waals surface area contributed by atoms with E-state index in [0.717, 1.165) is 64.0 Å². The monoisotopic (exact) mass is 410 g/mol. The molecule has 3 aliphatic rings. The predicted octanol–water partition coefficient (Wildman–Crippen LogP) is 2.81. The van der Waals surface area contributed by atoms with Crippen LogP contribution in [0.25, 0.3) is 0 Å². The maximum absolute atomic E-state index is 5.86. The third-order valence-electron chi connectivity index (χ3n) is 7.15. The summed E-state index contributed by atoms with van der Waals surface area (Å²) >= 11 is 0. The number of piperazine rings is 1. The smallest absolute Gasteiger partial charge is 0.173 e. The molecular weight excluding hydrogens is 376 g/mol. The first kappa shape index (κ1) is 20.1. The molecule has 2 aliphatic heterocycles. The zero-order valence-electron chi connectivity index (χ0n) is 18.1. The molecule has 1 saturated carbocycles. The third kappa shape index (κ3) is 4.29. The molecule has 7 nitrogen and oxygen atoms in total. The summed E-state index contributed by atoms with van der Waals surface area (Å²) in [6, 6.07) is 9.78. The van der Waals surface area contributed by atoms with Gasteiger partial charge in [-0.15, -0.1) is 5.10 Å². The molecular formula is C23H34N6O. The van der Waals surface area contributed by atoms with Crippen LogP contribution < -0.4 is 0 Å². The van der Waals surface area contributed by atoms with Crippen molar-refractivity contribution < 1.29 is 4.74 Å². The average Bonchev–Trinajstić information content (AvgIpc) is 3.54. The highest BCUT2D eigenvalue weighted by atomic mass is 16.5. The summed E-state index contributed by atoms with van der Waals surface area (Å²) in [6.07, 6.45) is 8.00. The summed E-state index contributed by atoms with van der Waals surface area (Å²) in [5.74, 6) is 0.948. The van der Waals surface area contributed by atoms with Crippen LogP contribution in [-0.4, -0.2) is 74.9 Å². The van der Waals surface area contributed by atoms with Crippen molar-refractivity contribution >= 4 is 0 Å². The maximum Gasteiger partial charge on any atom is 0.173 e. The van der Waals surface area contributed by atoms with Crippen LogP contribution in [0.3, 0.4) is 0 Å². The molecule has 2 aromatic rings. The molecule has 2 unspecified atom stereocenters. The Morgan fingerprint density at radius 2 is 1.77 bits per heavy atom. The Labute approximate surface area is 179 Å².